The van der Waals surface area contributed by atoms with E-state index in [1.165, 1.54) is 25.3 Å². The second kappa shape index (κ2) is 7.31. The predicted octanol–water partition coefficient (Wildman–Crippen LogP) is 3.77. The minimum absolute atomic E-state index is 0.0918. The highest BCUT2D eigenvalue weighted by Crippen LogP contribution is 2.41. The molecule has 0 saturated heterocycles. The monoisotopic (exact) mass is 401 g/mol. The normalized spacial score (nSPS) is 16.7. The van der Waals surface area contributed by atoms with Crippen LogP contribution in [0.5, 0.6) is 0 Å². The molecule has 0 aromatic heterocycles. The fraction of sp³-hybridized carbons (Fsp3) is 0.238. The number of hydrogen-bond donors (Lipinski definition) is 1. The first kappa shape index (κ1) is 19.9. The third kappa shape index (κ3) is 3.75. The van der Waals surface area contributed by atoms with E-state index in [1.54, 1.807) is 44.2 Å². The summed E-state index contributed by atoms with van der Waals surface area (Å²) in [7, 11) is -1.46. The van der Waals surface area contributed by atoms with Crippen LogP contribution in [0, 0.1) is 5.82 Å². The molecule has 0 fully saturated rings. The van der Waals surface area contributed by atoms with Crippen LogP contribution in [0.4, 0.5) is 10.1 Å². The molecule has 1 unspecified atom stereocenters. The summed E-state index contributed by atoms with van der Waals surface area (Å²) in [6.45, 7) is 4.71. The quantitative estimate of drug-likeness (QED) is 0.847. The fourth-order valence-corrected chi connectivity index (χ4v) is 3.61. The first-order chi connectivity index (χ1) is 13.1. The third-order valence-corrected chi connectivity index (χ3v) is 5.31. The molecule has 1 heterocycles. The Morgan fingerprint density at radius 3 is 2.25 bits per heavy atom. The largest absolute Gasteiger partial charge is 0.478 e. The smallest absolute Gasteiger partial charge is 0.221 e. The Labute approximate surface area is 165 Å². The zero-order chi connectivity index (χ0) is 20.6. The number of rotatable bonds is 4. The Morgan fingerprint density at radius 2 is 1.71 bits per heavy atom. The number of anilines is 1. The lowest BCUT2D eigenvalue weighted by Gasteiger charge is -2.18. The van der Waals surface area contributed by atoms with Crippen molar-refractivity contribution in [3.8, 4) is 0 Å². The van der Waals surface area contributed by atoms with Gasteiger partial charge in [0.25, 0.3) is 0 Å². The second-order valence-corrected chi connectivity index (χ2v) is 8.35. The summed E-state index contributed by atoms with van der Waals surface area (Å²) in [6, 6.07) is 11.0. The first-order valence-corrected chi connectivity index (χ1v) is 10.2. The summed E-state index contributed by atoms with van der Waals surface area (Å²) in [5.74, 6) is -0.766. The van der Waals surface area contributed by atoms with Crippen molar-refractivity contribution in [2.75, 3.05) is 11.6 Å². The minimum atomic E-state index is -1.46. The van der Waals surface area contributed by atoms with E-state index in [0.717, 1.165) is 0 Å². The van der Waals surface area contributed by atoms with E-state index < -0.39 is 22.2 Å². The van der Waals surface area contributed by atoms with E-state index in [-0.39, 0.29) is 22.3 Å². The number of ketones is 1. The average Bonchev–Trinajstić information content (AvgIpc) is 2.85. The van der Waals surface area contributed by atoms with Gasteiger partial charge in [-0.1, -0.05) is 12.1 Å². The van der Waals surface area contributed by atoms with Gasteiger partial charge in [0.15, 0.2) is 5.60 Å². The molecule has 0 saturated carbocycles. The molecule has 0 radical (unpaired) electrons. The van der Waals surface area contributed by atoms with Crippen molar-refractivity contribution in [3.63, 3.8) is 0 Å². The summed E-state index contributed by atoms with van der Waals surface area (Å²) in [4.78, 5) is 24.2. The molecule has 1 aliphatic heterocycles. The summed E-state index contributed by atoms with van der Waals surface area (Å²) in [5, 5.41) is 2.67. The Morgan fingerprint density at radius 1 is 1.11 bits per heavy atom. The van der Waals surface area contributed by atoms with Crippen molar-refractivity contribution < 1.29 is 22.9 Å². The maximum atomic E-state index is 14.4. The van der Waals surface area contributed by atoms with Crippen LogP contribution in [-0.4, -0.2) is 27.8 Å². The number of Topliss-reactive ketones (excluding diaryl/α,β-unsaturated/α-hetero) is 1. The Hall–Kier alpha value is -2.80. The number of carbonyl (C=O) groups excluding carboxylic acids is 2. The molecule has 5 nitrogen and oxygen atoms in total. The lowest BCUT2D eigenvalue weighted by atomic mass is 9.92. The number of halogens is 1. The molecule has 146 valence electrons. The average molecular weight is 401 g/mol. The number of hydrogen-bond acceptors (Lipinski definition) is 4. The molecule has 0 aliphatic carbocycles. The van der Waals surface area contributed by atoms with Gasteiger partial charge in [-0.25, -0.2) is 4.39 Å². The Bertz CT molecular complexity index is 1030. The molecule has 0 bridgehead atoms. The molecule has 1 aliphatic rings. The van der Waals surface area contributed by atoms with Gasteiger partial charge in [0.1, 0.15) is 11.6 Å². The number of carbonyl (C=O) groups is 2. The van der Waals surface area contributed by atoms with E-state index in [1.807, 2.05) is 0 Å². The second-order valence-electron chi connectivity index (χ2n) is 7.00. The highest BCUT2D eigenvalue weighted by Gasteiger charge is 2.42. The third-order valence-electron chi connectivity index (χ3n) is 4.36. The van der Waals surface area contributed by atoms with Crippen LogP contribution < -0.4 is 5.32 Å². The molecule has 2 aromatic rings. The van der Waals surface area contributed by atoms with Crippen molar-refractivity contribution in [1.29, 1.82) is 0 Å². The predicted molar refractivity (Wildman–Crippen MR) is 106 cm³/mol. The maximum Gasteiger partial charge on any atom is 0.221 e. The van der Waals surface area contributed by atoms with Crippen molar-refractivity contribution >= 4 is 39.5 Å². The van der Waals surface area contributed by atoms with Gasteiger partial charge in [-0.05, 0) is 49.7 Å². The first-order valence-electron chi connectivity index (χ1n) is 8.59. The molecule has 1 amide bonds. The molecule has 28 heavy (non-hydrogen) atoms. The topological polar surface area (TPSA) is 72.5 Å². The zero-order valence-electron chi connectivity index (χ0n) is 16.0. The Balaban J connectivity index is 2.11. The highest BCUT2D eigenvalue weighted by molar-refractivity contribution is 7.84. The van der Waals surface area contributed by atoms with Crippen LogP contribution in [-0.2, 0) is 25.1 Å². The van der Waals surface area contributed by atoms with E-state index >= 15 is 0 Å². The summed E-state index contributed by atoms with van der Waals surface area (Å²) in [6.07, 6.45) is 1.40. The van der Waals surface area contributed by atoms with Crippen LogP contribution in [0.15, 0.2) is 47.4 Å². The molecular weight excluding hydrogens is 381 g/mol. The summed E-state index contributed by atoms with van der Waals surface area (Å²) >= 11 is 0. The van der Waals surface area contributed by atoms with Crippen LogP contribution in [0.25, 0.3) is 11.3 Å². The highest BCUT2D eigenvalue weighted by atomic mass is 32.2. The minimum Gasteiger partial charge on any atom is -0.478 e. The standard InChI is InChI=1S/C21H20FNO4S/c1-12(24)23-15-8-5-13(6-9-15)18-19(27-21(2,3)20(18)25)14-7-10-17(28(4)26)16(22)11-14/h5-11H,1-4H3,(H,23,24). The van der Waals surface area contributed by atoms with Gasteiger partial charge in [-0.3, -0.25) is 13.8 Å². The number of amides is 1. The number of nitrogens with one attached hydrogen (secondary N) is 1. The van der Waals surface area contributed by atoms with Gasteiger partial charge >= 0.3 is 0 Å². The summed E-state index contributed by atoms with van der Waals surface area (Å²) < 4.78 is 31.8. The van der Waals surface area contributed by atoms with Crippen LogP contribution in [0.1, 0.15) is 31.9 Å². The van der Waals surface area contributed by atoms with E-state index in [9.17, 15) is 18.2 Å². The van der Waals surface area contributed by atoms with Gasteiger partial charge in [0, 0.05) is 24.4 Å². The van der Waals surface area contributed by atoms with Crippen LogP contribution in [0.3, 0.4) is 0 Å². The molecule has 7 heteroatoms. The van der Waals surface area contributed by atoms with Gasteiger partial charge in [-0.15, -0.1) is 0 Å². The van der Waals surface area contributed by atoms with Crippen molar-refractivity contribution in [1.82, 2.24) is 0 Å². The lowest BCUT2D eigenvalue weighted by Crippen LogP contribution is -2.29. The van der Waals surface area contributed by atoms with Crippen molar-refractivity contribution in [3.05, 3.63) is 59.4 Å². The van der Waals surface area contributed by atoms with E-state index in [0.29, 0.717) is 22.4 Å². The summed E-state index contributed by atoms with van der Waals surface area (Å²) in [5.41, 5.74) is 0.841. The van der Waals surface area contributed by atoms with Gasteiger partial charge in [0.05, 0.1) is 21.3 Å². The van der Waals surface area contributed by atoms with Gasteiger partial charge in [0.2, 0.25) is 11.7 Å². The van der Waals surface area contributed by atoms with Crippen molar-refractivity contribution in [2.24, 2.45) is 0 Å². The van der Waals surface area contributed by atoms with Gasteiger partial charge < -0.3 is 10.1 Å². The van der Waals surface area contributed by atoms with Crippen LogP contribution in [0.2, 0.25) is 0 Å². The molecule has 2 aromatic carbocycles. The van der Waals surface area contributed by atoms with Gasteiger partial charge in [-0.2, -0.15) is 0 Å². The zero-order valence-corrected chi connectivity index (χ0v) is 16.8. The fourth-order valence-electron chi connectivity index (χ4n) is 3.02. The molecule has 0 spiro atoms. The SMILES string of the molecule is CC(=O)Nc1ccc(C2=C(c3ccc(S(C)=O)c(F)c3)OC(C)(C)C2=O)cc1. The lowest BCUT2D eigenvalue weighted by molar-refractivity contribution is -0.125. The molecule has 1 N–H and O–H groups in total. The molecule has 3 rings (SSSR count). The molecule has 1 atom stereocenters. The van der Waals surface area contributed by atoms with E-state index in [2.05, 4.69) is 5.32 Å². The molecular formula is C21H20FNO4S. The number of ether oxygens (including phenoxy) is 1. The van der Waals surface area contributed by atoms with Crippen LogP contribution >= 0.6 is 0 Å². The number of benzene rings is 2. The van der Waals surface area contributed by atoms with Crippen molar-refractivity contribution in [2.45, 2.75) is 31.3 Å². The van der Waals surface area contributed by atoms with E-state index in [4.69, 9.17) is 4.74 Å². The maximum absolute atomic E-state index is 14.4. The Kier molecular flexibility index (Phi) is 5.21.